The van der Waals surface area contributed by atoms with Gasteiger partial charge in [-0.3, -0.25) is 0 Å². The second kappa shape index (κ2) is 6.52. The summed E-state index contributed by atoms with van der Waals surface area (Å²) in [5.74, 6) is 1.57. The Morgan fingerprint density at radius 2 is 1.18 bits per heavy atom. The zero-order valence-electron chi connectivity index (χ0n) is 18.1. The predicted octanol–water partition coefficient (Wildman–Crippen LogP) is 6.28. The summed E-state index contributed by atoms with van der Waals surface area (Å²) < 4.78 is 15.3. The highest BCUT2D eigenvalue weighted by molar-refractivity contribution is 6.48. The molecule has 0 saturated heterocycles. The van der Waals surface area contributed by atoms with Gasteiger partial charge in [-0.25, -0.2) is 4.99 Å². The van der Waals surface area contributed by atoms with Crippen LogP contribution in [0.3, 0.4) is 0 Å². The van der Waals surface area contributed by atoms with Crippen molar-refractivity contribution in [1.29, 1.82) is 0 Å². The van der Waals surface area contributed by atoms with Crippen LogP contribution in [0.5, 0.6) is 11.5 Å². The Morgan fingerprint density at radius 1 is 0.588 bits per heavy atom. The fourth-order valence-corrected chi connectivity index (χ4v) is 5.41. The molecule has 0 unspecified atom stereocenters. The number of benzene rings is 4. The molecule has 2 bridgehead atoms. The molecular weight excluding hydrogens is 419 g/mol. The Balaban J connectivity index is 1.54. The van der Waals surface area contributed by atoms with E-state index in [0.29, 0.717) is 0 Å². The third-order valence-electron chi connectivity index (χ3n) is 6.87. The van der Waals surface area contributed by atoms with Crippen LogP contribution in [0.15, 0.2) is 102 Å². The van der Waals surface area contributed by atoms with E-state index < -0.39 is 7.25 Å². The topological polar surface area (TPSA) is 35.8 Å². The first-order valence-corrected chi connectivity index (χ1v) is 11.4. The lowest BCUT2D eigenvalue weighted by Crippen LogP contribution is -2.42. The normalized spacial score (nSPS) is 14.6. The maximum absolute atomic E-state index is 6.66. The highest BCUT2D eigenvalue weighted by Crippen LogP contribution is 2.45. The summed E-state index contributed by atoms with van der Waals surface area (Å²) in [5.41, 5.74) is 8.27. The van der Waals surface area contributed by atoms with Crippen molar-refractivity contribution >= 4 is 35.5 Å². The molecule has 0 amide bonds. The van der Waals surface area contributed by atoms with E-state index in [1.165, 1.54) is 5.39 Å². The van der Waals surface area contributed by atoms with Gasteiger partial charge in [0.05, 0.1) is 17.1 Å². The van der Waals surface area contributed by atoms with E-state index in [-0.39, 0.29) is 0 Å². The second-order valence-electron chi connectivity index (χ2n) is 8.72. The Bertz CT molecular complexity index is 1730. The molecule has 4 aromatic carbocycles. The number of aliphatic imine (C=N–C) groups is 1. The van der Waals surface area contributed by atoms with Gasteiger partial charge in [-0.15, -0.1) is 0 Å². The van der Waals surface area contributed by atoms with Crippen LogP contribution in [0.1, 0.15) is 22.4 Å². The molecule has 8 rings (SSSR count). The summed E-state index contributed by atoms with van der Waals surface area (Å²) >= 11 is 0. The van der Waals surface area contributed by atoms with E-state index in [9.17, 15) is 0 Å². The van der Waals surface area contributed by atoms with Crippen molar-refractivity contribution in [3.63, 3.8) is 0 Å². The van der Waals surface area contributed by atoms with Crippen LogP contribution < -0.4 is 9.31 Å². The summed E-state index contributed by atoms with van der Waals surface area (Å²) in [6, 6.07) is 33.2. The largest absolute Gasteiger partial charge is 0.743 e. The summed E-state index contributed by atoms with van der Waals surface area (Å²) in [6.45, 7) is 0. The fourth-order valence-electron chi connectivity index (χ4n) is 5.41. The SMILES string of the molecule is C1=C2N=C(c3ccccc3OB3Oc4ccccc4-c4c5ccccc5c1n43)c1ccccc12. The first-order valence-electron chi connectivity index (χ1n) is 11.4. The number of hydrogen-bond acceptors (Lipinski definition) is 3. The van der Waals surface area contributed by atoms with Gasteiger partial charge in [-0.1, -0.05) is 72.8 Å². The minimum atomic E-state index is -0.647. The number of rotatable bonds is 0. The third kappa shape index (κ3) is 2.31. The molecule has 3 aliphatic heterocycles. The van der Waals surface area contributed by atoms with Crippen molar-refractivity contribution in [2.24, 2.45) is 4.99 Å². The van der Waals surface area contributed by atoms with Gasteiger partial charge in [0.25, 0.3) is 0 Å². The highest BCUT2D eigenvalue weighted by Gasteiger charge is 2.41. The number of hydrogen-bond donors (Lipinski definition) is 0. The van der Waals surface area contributed by atoms with Crippen molar-refractivity contribution in [1.82, 2.24) is 4.48 Å². The Labute approximate surface area is 196 Å². The fraction of sp³-hybridized carbons (Fsp3) is 0. The van der Waals surface area contributed by atoms with Gasteiger partial charge in [-0.2, -0.15) is 0 Å². The molecule has 0 radical (unpaired) electrons. The van der Waals surface area contributed by atoms with E-state index in [2.05, 4.69) is 77.3 Å². The molecule has 158 valence electrons. The lowest BCUT2D eigenvalue weighted by Gasteiger charge is -2.27. The van der Waals surface area contributed by atoms with Crippen molar-refractivity contribution in [2.75, 3.05) is 0 Å². The van der Waals surface area contributed by atoms with Gasteiger partial charge in [-0.05, 0) is 30.3 Å². The van der Waals surface area contributed by atoms with Gasteiger partial charge in [0, 0.05) is 38.7 Å². The zero-order chi connectivity index (χ0) is 22.2. The van der Waals surface area contributed by atoms with Gasteiger partial charge in [0.2, 0.25) is 0 Å². The van der Waals surface area contributed by atoms with Crippen molar-refractivity contribution in [3.8, 4) is 22.8 Å². The molecule has 0 atom stereocenters. The van der Waals surface area contributed by atoms with Crippen LogP contribution in [0.2, 0.25) is 0 Å². The molecule has 0 fully saturated rings. The van der Waals surface area contributed by atoms with Gasteiger partial charge in [0.1, 0.15) is 11.5 Å². The van der Waals surface area contributed by atoms with Crippen LogP contribution in [0.25, 0.3) is 33.8 Å². The van der Waals surface area contributed by atoms with Crippen LogP contribution in [-0.2, 0) is 0 Å². The molecule has 0 N–H and O–H groups in total. The molecule has 4 nitrogen and oxygen atoms in total. The number of nitrogens with zero attached hydrogens (tertiary/aromatic N) is 2. The van der Waals surface area contributed by atoms with Gasteiger partial charge < -0.3 is 13.8 Å². The van der Waals surface area contributed by atoms with E-state index in [1.54, 1.807) is 0 Å². The highest BCUT2D eigenvalue weighted by atomic mass is 16.6. The van der Waals surface area contributed by atoms with Gasteiger partial charge in [0.15, 0.2) is 0 Å². The molecule has 0 aliphatic carbocycles. The summed E-state index contributed by atoms with van der Waals surface area (Å²) in [6.07, 6.45) is 2.18. The molecule has 5 aromatic rings. The number of aromatic nitrogens is 1. The predicted molar refractivity (Wildman–Crippen MR) is 136 cm³/mol. The summed E-state index contributed by atoms with van der Waals surface area (Å²) in [5, 5.41) is 2.32. The van der Waals surface area contributed by atoms with E-state index >= 15 is 0 Å². The average Bonchev–Trinajstić information content (AvgIpc) is 3.41. The molecule has 34 heavy (non-hydrogen) atoms. The minimum Gasteiger partial charge on any atom is -0.506 e. The number of fused-ring (bicyclic) bond motifs is 11. The third-order valence-corrected chi connectivity index (χ3v) is 6.87. The molecular formula is C29H17BN2O2. The summed E-state index contributed by atoms with van der Waals surface area (Å²) in [4.78, 5) is 5.13. The summed E-state index contributed by atoms with van der Waals surface area (Å²) in [7, 11) is -0.647. The van der Waals surface area contributed by atoms with Crippen LogP contribution in [-0.4, -0.2) is 17.4 Å². The lowest BCUT2D eigenvalue weighted by atomic mass is 9.96. The number of para-hydroxylation sites is 2. The lowest BCUT2D eigenvalue weighted by molar-refractivity contribution is 0.403. The molecule has 3 aliphatic rings. The Kier molecular flexibility index (Phi) is 3.45. The quantitative estimate of drug-likeness (QED) is 0.268. The minimum absolute atomic E-state index is 0.647. The molecule has 5 heteroatoms. The molecule has 4 heterocycles. The molecule has 0 saturated carbocycles. The maximum Gasteiger partial charge on any atom is 0.743 e. The standard InChI is InChI=1S/C29H17BN2O2/c1-3-11-20-18(9-1)24-17-25-19-10-2-4-12-21(19)29-23-14-6-8-16-27(23)34-30(32(25)29)33-26-15-7-5-13-22(26)28(20)31-24/h1-17H. The van der Waals surface area contributed by atoms with E-state index in [4.69, 9.17) is 14.3 Å². The van der Waals surface area contributed by atoms with Crippen LogP contribution in [0, 0.1) is 0 Å². The van der Waals surface area contributed by atoms with Crippen molar-refractivity contribution in [2.45, 2.75) is 0 Å². The van der Waals surface area contributed by atoms with Crippen molar-refractivity contribution < 1.29 is 9.31 Å². The van der Waals surface area contributed by atoms with Crippen molar-refractivity contribution in [3.05, 3.63) is 119 Å². The first-order chi connectivity index (χ1) is 16.9. The Morgan fingerprint density at radius 3 is 1.97 bits per heavy atom. The van der Waals surface area contributed by atoms with Crippen LogP contribution in [0.4, 0.5) is 0 Å². The van der Waals surface area contributed by atoms with E-state index in [1.807, 2.05) is 30.3 Å². The molecule has 1 aromatic heterocycles. The first kappa shape index (κ1) is 18.0. The average molecular weight is 436 g/mol. The zero-order valence-corrected chi connectivity index (χ0v) is 18.1. The Hall–Kier alpha value is -4.51. The monoisotopic (exact) mass is 436 g/mol. The molecule has 0 spiro atoms. The van der Waals surface area contributed by atoms with Crippen LogP contribution >= 0.6 is 0 Å². The van der Waals surface area contributed by atoms with Gasteiger partial charge >= 0.3 is 7.25 Å². The van der Waals surface area contributed by atoms with E-state index in [0.717, 1.165) is 61.9 Å². The maximum atomic E-state index is 6.66. The smallest absolute Gasteiger partial charge is 0.506 e. The second-order valence-corrected chi connectivity index (χ2v) is 8.72.